The zero-order valence-electron chi connectivity index (χ0n) is 11.6. The molecule has 0 aliphatic carbocycles. The van der Waals surface area contributed by atoms with Crippen LogP contribution in [0.25, 0.3) is 0 Å². The summed E-state index contributed by atoms with van der Waals surface area (Å²) in [4.78, 5) is 0. The van der Waals surface area contributed by atoms with Crippen LogP contribution in [-0.2, 0) is 13.1 Å². The molecule has 0 saturated heterocycles. The first kappa shape index (κ1) is 17.4. The van der Waals surface area contributed by atoms with E-state index in [1.807, 2.05) is 19.9 Å². The fraction of sp³-hybridized carbons (Fsp3) is 0.500. The van der Waals surface area contributed by atoms with Gasteiger partial charge < -0.3 is 5.32 Å². The number of rotatable bonds is 5. The smallest absolute Gasteiger partial charge is 0.366 e. The largest absolute Gasteiger partial charge is 0.408 e. The van der Waals surface area contributed by atoms with Crippen LogP contribution in [0.5, 0.6) is 0 Å². The Kier molecular flexibility index (Phi) is 5.65. The molecule has 2 heterocycles. The Morgan fingerprint density at radius 1 is 1.29 bits per heavy atom. The molecule has 0 amide bonds. The lowest BCUT2D eigenvalue weighted by Crippen LogP contribution is -2.17. The standard InChI is InChI=1S/C12H16F3N5.ClH/c1-9(2)20-11(3-4-17-20)16-5-10-6-18-19(7-10)8-12(13,14)15;/h3-4,6-7,9,16H,5,8H2,1-2H3;1H. The Balaban J connectivity index is 0.00000220. The van der Waals surface area contributed by atoms with E-state index in [4.69, 9.17) is 0 Å². The van der Waals surface area contributed by atoms with Gasteiger partial charge in [-0.15, -0.1) is 12.4 Å². The minimum atomic E-state index is -4.26. The van der Waals surface area contributed by atoms with Crippen molar-refractivity contribution in [3.8, 4) is 0 Å². The number of alkyl halides is 3. The van der Waals surface area contributed by atoms with Crippen LogP contribution < -0.4 is 5.32 Å². The van der Waals surface area contributed by atoms with Gasteiger partial charge in [-0.3, -0.25) is 4.68 Å². The van der Waals surface area contributed by atoms with Crippen molar-refractivity contribution >= 4 is 18.2 Å². The summed E-state index contributed by atoms with van der Waals surface area (Å²) >= 11 is 0. The van der Waals surface area contributed by atoms with Crippen LogP contribution in [0.15, 0.2) is 24.7 Å². The second-order valence-electron chi connectivity index (χ2n) is 4.77. The van der Waals surface area contributed by atoms with Gasteiger partial charge in [-0.2, -0.15) is 23.4 Å². The van der Waals surface area contributed by atoms with Crippen molar-refractivity contribution in [2.45, 2.75) is 39.2 Å². The van der Waals surface area contributed by atoms with E-state index < -0.39 is 12.7 Å². The average Bonchev–Trinajstić information content (AvgIpc) is 2.92. The number of nitrogens with zero attached hydrogens (tertiary/aromatic N) is 4. The molecule has 5 nitrogen and oxygen atoms in total. The highest BCUT2D eigenvalue weighted by Crippen LogP contribution is 2.18. The Labute approximate surface area is 126 Å². The molecule has 0 bridgehead atoms. The second kappa shape index (κ2) is 6.84. The summed E-state index contributed by atoms with van der Waals surface area (Å²) in [6.45, 7) is 3.33. The van der Waals surface area contributed by atoms with Crippen molar-refractivity contribution in [1.29, 1.82) is 0 Å². The molecule has 2 aromatic rings. The van der Waals surface area contributed by atoms with Crippen LogP contribution in [0, 0.1) is 0 Å². The van der Waals surface area contributed by atoms with Crippen molar-refractivity contribution in [2.24, 2.45) is 0 Å². The van der Waals surface area contributed by atoms with Crippen molar-refractivity contribution in [3.05, 3.63) is 30.2 Å². The molecule has 0 radical (unpaired) electrons. The summed E-state index contributed by atoms with van der Waals surface area (Å²) < 4.78 is 39.3. The van der Waals surface area contributed by atoms with Crippen LogP contribution in [0.1, 0.15) is 25.5 Å². The average molecular weight is 324 g/mol. The van der Waals surface area contributed by atoms with Gasteiger partial charge in [0.05, 0.1) is 12.4 Å². The first-order valence-corrected chi connectivity index (χ1v) is 6.20. The van der Waals surface area contributed by atoms with Gasteiger partial charge in [0.15, 0.2) is 0 Å². The van der Waals surface area contributed by atoms with Crippen LogP contribution in [0.4, 0.5) is 19.0 Å². The molecule has 0 unspecified atom stereocenters. The molecule has 0 saturated carbocycles. The van der Waals surface area contributed by atoms with Crippen LogP contribution >= 0.6 is 12.4 Å². The van der Waals surface area contributed by atoms with E-state index in [1.165, 1.54) is 12.4 Å². The molecular formula is C12H17ClF3N5. The van der Waals surface area contributed by atoms with E-state index in [0.717, 1.165) is 10.5 Å². The monoisotopic (exact) mass is 323 g/mol. The van der Waals surface area contributed by atoms with E-state index in [0.29, 0.717) is 12.1 Å². The summed E-state index contributed by atoms with van der Waals surface area (Å²) in [6, 6.07) is 2.03. The molecule has 0 spiro atoms. The van der Waals surface area contributed by atoms with Crippen molar-refractivity contribution < 1.29 is 13.2 Å². The molecule has 0 aliphatic heterocycles. The maximum atomic E-state index is 12.2. The summed E-state index contributed by atoms with van der Waals surface area (Å²) in [5.41, 5.74) is 0.686. The highest BCUT2D eigenvalue weighted by Gasteiger charge is 2.28. The van der Waals surface area contributed by atoms with Gasteiger partial charge in [0.1, 0.15) is 12.4 Å². The lowest BCUT2D eigenvalue weighted by atomic mass is 10.3. The quantitative estimate of drug-likeness (QED) is 0.918. The molecule has 0 aliphatic rings. The number of anilines is 1. The zero-order chi connectivity index (χ0) is 14.8. The molecule has 2 rings (SSSR count). The van der Waals surface area contributed by atoms with Crippen molar-refractivity contribution in [2.75, 3.05) is 5.32 Å². The molecule has 0 atom stereocenters. The van der Waals surface area contributed by atoms with E-state index in [1.54, 1.807) is 10.9 Å². The maximum absolute atomic E-state index is 12.2. The fourth-order valence-electron chi connectivity index (χ4n) is 1.83. The van der Waals surface area contributed by atoms with E-state index >= 15 is 0 Å². The van der Waals surface area contributed by atoms with Crippen molar-refractivity contribution in [1.82, 2.24) is 19.6 Å². The second-order valence-corrected chi connectivity index (χ2v) is 4.77. The fourth-order valence-corrected chi connectivity index (χ4v) is 1.83. The van der Waals surface area contributed by atoms with Crippen LogP contribution in [-0.4, -0.2) is 25.7 Å². The molecule has 9 heteroatoms. The van der Waals surface area contributed by atoms with Gasteiger partial charge in [0.25, 0.3) is 0 Å². The predicted molar refractivity (Wildman–Crippen MR) is 75.5 cm³/mol. The topological polar surface area (TPSA) is 47.7 Å². The first-order chi connectivity index (χ1) is 9.35. The number of aromatic nitrogens is 4. The third-order valence-corrected chi connectivity index (χ3v) is 2.66. The highest BCUT2D eigenvalue weighted by molar-refractivity contribution is 5.85. The number of halogens is 4. The predicted octanol–water partition coefficient (Wildman–Crippen LogP) is 3.26. The minimum Gasteiger partial charge on any atom is -0.366 e. The van der Waals surface area contributed by atoms with Gasteiger partial charge in [0.2, 0.25) is 0 Å². The Morgan fingerprint density at radius 2 is 2.00 bits per heavy atom. The molecule has 118 valence electrons. The summed E-state index contributed by atoms with van der Waals surface area (Å²) in [7, 11) is 0. The van der Waals surface area contributed by atoms with Gasteiger partial charge in [-0.25, -0.2) is 4.68 Å². The van der Waals surface area contributed by atoms with Crippen molar-refractivity contribution in [3.63, 3.8) is 0 Å². The minimum absolute atomic E-state index is 0. The van der Waals surface area contributed by atoms with Gasteiger partial charge in [-0.1, -0.05) is 0 Å². The van der Waals surface area contributed by atoms with E-state index in [2.05, 4.69) is 15.5 Å². The molecule has 2 aromatic heterocycles. The van der Waals surface area contributed by atoms with Gasteiger partial charge in [0, 0.05) is 30.4 Å². The van der Waals surface area contributed by atoms with Gasteiger partial charge >= 0.3 is 6.18 Å². The van der Waals surface area contributed by atoms with Crippen LogP contribution in [0.3, 0.4) is 0 Å². The summed E-state index contributed by atoms with van der Waals surface area (Å²) in [5.74, 6) is 0.823. The Bertz CT molecular complexity index is 561. The molecule has 21 heavy (non-hydrogen) atoms. The number of hydrogen-bond acceptors (Lipinski definition) is 3. The van der Waals surface area contributed by atoms with E-state index in [-0.39, 0.29) is 18.4 Å². The molecule has 1 N–H and O–H groups in total. The lowest BCUT2D eigenvalue weighted by Gasteiger charge is -2.11. The summed E-state index contributed by atoms with van der Waals surface area (Å²) in [5, 5.41) is 11.0. The zero-order valence-corrected chi connectivity index (χ0v) is 12.4. The lowest BCUT2D eigenvalue weighted by molar-refractivity contribution is -0.142. The third-order valence-electron chi connectivity index (χ3n) is 2.66. The molecule has 0 fully saturated rings. The third kappa shape index (κ3) is 4.96. The first-order valence-electron chi connectivity index (χ1n) is 6.20. The number of hydrogen-bond donors (Lipinski definition) is 1. The Morgan fingerprint density at radius 3 is 2.62 bits per heavy atom. The molecular weight excluding hydrogens is 307 g/mol. The van der Waals surface area contributed by atoms with Gasteiger partial charge in [-0.05, 0) is 13.8 Å². The maximum Gasteiger partial charge on any atom is 0.408 e. The normalized spacial score (nSPS) is 11.5. The SMILES string of the molecule is CC(C)n1nccc1NCc1cnn(CC(F)(F)F)c1.Cl. The molecule has 0 aromatic carbocycles. The van der Waals surface area contributed by atoms with E-state index in [9.17, 15) is 13.2 Å². The van der Waals surface area contributed by atoms with Crippen LogP contribution in [0.2, 0.25) is 0 Å². The Hall–Kier alpha value is -1.70. The number of nitrogens with one attached hydrogen (secondary N) is 1. The highest BCUT2D eigenvalue weighted by atomic mass is 35.5. The summed E-state index contributed by atoms with van der Waals surface area (Å²) in [6.07, 6.45) is 0.230.